The third-order valence-corrected chi connectivity index (χ3v) is 8.38. The van der Waals surface area contributed by atoms with E-state index in [1.807, 2.05) is 0 Å². The van der Waals surface area contributed by atoms with Crippen LogP contribution in [0, 0.1) is 16.0 Å². The number of rotatable bonds is 12. The van der Waals surface area contributed by atoms with E-state index in [4.69, 9.17) is 10.5 Å². The second-order valence-electron chi connectivity index (χ2n) is 9.12. The number of fused-ring (bicyclic) bond motifs is 1. The maximum Gasteiger partial charge on any atom is 0.412 e. The van der Waals surface area contributed by atoms with E-state index < -0.39 is 50.0 Å². The molecule has 0 spiro atoms. The van der Waals surface area contributed by atoms with E-state index in [0.717, 1.165) is 11.8 Å². The van der Waals surface area contributed by atoms with Gasteiger partial charge in [-0.15, -0.1) is 0 Å². The Morgan fingerprint density at radius 3 is 2.24 bits per heavy atom. The molecule has 1 fully saturated rings. The van der Waals surface area contributed by atoms with Crippen LogP contribution >= 0.6 is 19.4 Å². The van der Waals surface area contributed by atoms with Crippen LogP contribution in [0.4, 0.5) is 38.0 Å². The van der Waals surface area contributed by atoms with Crippen LogP contribution in [0.2, 0.25) is 0 Å². The number of nitro groups is 1. The third-order valence-electron chi connectivity index (χ3n) is 5.90. The number of anilines is 1. The fourth-order valence-corrected chi connectivity index (χ4v) is 5.95. The van der Waals surface area contributed by atoms with Gasteiger partial charge in [0.15, 0.2) is 18.9 Å². The molecule has 3 aromatic rings. The molecule has 2 aromatic heterocycles. The van der Waals surface area contributed by atoms with Gasteiger partial charge in [-0.1, -0.05) is 18.7 Å². The third kappa shape index (κ3) is 8.06. The minimum Gasteiger partial charge on any atom is -0.368 e. The van der Waals surface area contributed by atoms with Crippen LogP contribution in [0.5, 0.6) is 0 Å². The topological polar surface area (TPSA) is 158 Å². The van der Waals surface area contributed by atoms with Gasteiger partial charge in [-0.3, -0.25) is 23.7 Å². The van der Waals surface area contributed by atoms with Crippen molar-refractivity contribution in [1.29, 1.82) is 0 Å². The summed E-state index contributed by atoms with van der Waals surface area (Å²) in [6.45, 7) is -2.49. The summed E-state index contributed by atoms with van der Waals surface area (Å²) >= 11 is 1.11. The summed E-state index contributed by atoms with van der Waals surface area (Å²) in [6, 6.07) is 5.65. The van der Waals surface area contributed by atoms with Crippen molar-refractivity contribution in [2.75, 3.05) is 25.3 Å². The number of nitrogens with two attached hydrogens (primary N) is 1. The second kappa shape index (κ2) is 11.4. The quantitative estimate of drug-likeness (QED) is 0.0877. The van der Waals surface area contributed by atoms with E-state index >= 15 is 0 Å². The van der Waals surface area contributed by atoms with E-state index in [1.165, 1.54) is 35.2 Å². The lowest BCUT2D eigenvalue weighted by atomic mass is 10.2. The molecule has 0 bridgehead atoms. The number of halogens is 6. The molecule has 0 aliphatic heterocycles. The summed E-state index contributed by atoms with van der Waals surface area (Å²) in [5, 5.41) is 11.2. The Morgan fingerprint density at radius 2 is 1.73 bits per heavy atom. The Bertz CT molecular complexity index is 1450. The first-order valence-corrected chi connectivity index (χ1v) is 14.1. The lowest BCUT2D eigenvalue weighted by molar-refractivity contribution is -0.384. The van der Waals surface area contributed by atoms with Crippen LogP contribution in [0.3, 0.4) is 0 Å². The van der Waals surface area contributed by atoms with E-state index in [-0.39, 0.29) is 29.7 Å². The number of hydrogen-bond acceptors (Lipinski definition) is 11. The minimum atomic E-state index is -4.98. The van der Waals surface area contributed by atoms with Crippen molar-refractivity contribution in [2.45, 2.75) is 47.8 Å². The van der Waals surface area contributed by atoms with Crippen molar-refractivity contribution in [3.05, 3.63) is 40.7 Å². The summed E-state index contributed by atoms with van der Waals surface area (Å²) in [5.74, 6) is -0.375. The van der Waals surface area contributed by atoms with Crippen molar-refractivity contribution < 1.29 is 49.6 Å². The first-order valence-electron chi connectivity index (χ1n) is 11.5. The zero-order valence-electron chi connectivity index (χ0n) is 20.9. The molecule has 1 saturated carbocycles. The largest absolute Gasteiger partial charge is 0.412 e. The fourth-order valence-electron chi connectivity index (χ4n) is 3.75. The van der Waals surface area contributed by atoms with Crippen molar-refractivity contribution in [3.8, 4) is 0 Å². The van der Waals surface area contributed by atoms with Crippen LogP contribution in [0.1, 0.15) is 13.3 Å². The lowest BCUT2D eigenvalue weighted by Gasteiger charge is -2.24. The maximum absolute atomic E-state index is 12.8. The van der Waals surface area contributed by atoms with Gasteiger partial charge in [0.05, 0.1) is 23.4 Å². The molecule has 41 heavy (non-hydrogen) atoms. The summed E-state index contributed by atoms with van der Waals surface area (Å²) in [6.07, 6.45) is -9.41. The van der Waals surface area contributed by atoms with Crippen LogP contribution in [-0.4, -0.2) is 62.0 Å². The van der Waals surface area contributed by atoms with Gasteiger partial charge >= 0.3 is 19.9 Å². The molecule has 1 aromatic carbocycles. The molecule has 0 amide bonds. The molecule has 0 saturated heterocycles. The Hall–Kier alpha value is -2.99. The number of nitro benzene ring substituents is 1. The standard InChI is InChI=1S/C21H21F6N6O6PS/c1-12-6-19(12,37-11-40(36,38-8-20(22,23)24)39-9-21(25,26)27)7-32-10-29-15-16(32)30-18(28)31-17(15)41-14-4-2-13(3-5-14)33(34)35/h2-5,10,12H,6-9,11H2,1H3,(H2,28,30,31). The summed E-state index contributed by atoms with van der Waals surface area (Å²) in [4.78, 5) is 23.6. The molecule has 0 radical (unpaired) electrons. The van der Waals surface area contributed by atoms with E-state index in [1.54, 1.807) is 6.92 Å². The smallest absolute Gasteiger partial charge is 0.368 e. The monoisotopic (exact) mass is 630 g/mol. The highest BCUT2D eigenvalue weighted by molar-refractivity contribution is 7.99. The zero-order valence-corrected chi connectivity index (χ0v) is 22.6. The number of nitrogens with zero attached hydrogens (tertiary/aromatic N) is 5. The first-order chi connectivity index (χ1) is 19.0. The predicted molar refractivity (Wildman–Crippen MR) is 131 cm³/mol. The molecule has 20 heteroatoms. The molecular formula is C21H21F6N6O6PS. The Kier molecular flexibility index (Phi) is 8.57. The molecule has 2 atom stereocenters. The summed E-state index contributed by atoms with van der Waals surface area (Å²) < 4.78 is 104. The number of imidazole rings is 1. The average Bonchev–Trinajstić information content (AvgIpc) is 3.33. The molecule has 1 aliphatic carbocycles. The number of benzene rings is 1. The van der Waals surface area contributed by atoms with E-state index in [9.17, 15) is 41.0 Å². The lowest BCUT2D eigenvalue weighted by Crippen LogP contribution is -2.27. The zero-order chi connectivity index (χ0) is 30.2. The maximum atomic E-state index is 12.8. The highest BCUT2D eigenvalue weighted by atomic mass is 32.2. The highest BCUT2D eigenvalue weighted by Gasteiger charge is 2.54. The normalized spacial score (nSPS) is 19.5. The number of hydrogen-bond donors (Lipinski definition) is 1. The molecule has 2 heterocycles. The molecule has 2 unspecified atom stereocenters. The van der Waals surface area contributed by atoms with Crippen molar-refractivity contribution >= 4 is 42.2 Å². The van der Waals surface area contributed by atoms with Crippen LogP contribution in [0.15, 0.2) is 40.5 Å². The number of ether oxygens (including phenoxy) is 1. The molecule has 2 N–H and O–H groups in total. The van der Waals surface area contributed by atoms with Gasteiger partial charge in [0.1, 0.15) is 16.9 Å². The number of aromatic nitrogens is 4. The number of nitrogen functional groups attached to an aromatic ring is 1. The molecular weight excluding hydrogens is 609 g/mol. The average molecular weight is 630 g/mol. The number of alkyl halides is 6. The Labute approximate surface area is 231 Å². The van der Waals surface area contributed by atoms with Crippen molar-refractivity contribution in [3.63, 3.8) is 0 Å². The van der Waals surface area contributed by atoms with Gasteiger partial charge in [-0.2, -0.15) is 31.3 Å². The van der Waals surface area contributed by atoms with Gasteiger partial charge in [0.25, 0.3) is 5.69 Å². The van der Waals surface area contributed by atoms with Crippen LogP contribution < -0.4 is 5.73 Å². The molecule has 224 valence electrons. The summed E-state index contributed by atoms with van der Waals surface area (Å²) in [7, 11) is -4.98. The van der Waals surface area contributed by atoms with Crippen LogP contribution in [-0.2, 0) is 24.9 Å². The highest BCUT2D eigenvalue weighted by Crippen LogP contribution is 2.55. The van der Waals surface area contributed by atoms with Gasteiger partial charge in [0.2, 0.25) is 5.95 Å². The van der Waals surface area contributed by atoms with E-state index in [0.29, 0.717) is 21.9 Å². The minimum absolute atomic E-state index is 0.0265. The Balaban J connectivity index is 1.53. The molecule has 1 aliphatic rings. The predicted octanol–water partition coefficient (Wildman–Crippen LogP) is 5.57. The van der Waals surface area contributed by atoms with Crippen LogP contribution in [0.25, 0.3) is 11.2 Å². The second-order valence-corrected chi connectivity index (χ2v) is 12.2. The van der Waals surface area contributed by atoms with Gasteiger partial charge < -0.3 is 15.0 Å². The first kappa shape index (κ1) is 31.0. The number of non-ortho nitro benzene ring substituents is 1. The Morgan fingerprint density at radius 1 is 1.15 bits per heavy atom. The van der Waals surface area contributed by atoms with Gasteiger partial charge in [-0.05, 0) is 24.5 Å². The van der Waals surface area contributed by atoms with Gasteiger partial charge in [-0.25, -0.2) is 9.97 Å². The fraction of sp³-hybridized carbons (Fsp3) is 0.476. The van der Waals surface area contributed by atoms with Gasteiger partial charge in [0, 0.05) is 17.0 Å². The van der Waals surface area contributed by atoms with E-state index in [2.05, 4.69) is 24.0 Å². The van der Waals surface area contributed by atoms with Crippen molar-refractivity contribution in [1.82, 2.24) is 19.5 Å². The van der Waals surface area contributed by atoms with Crippen molar-refractivity contribution in [2.24, 2.45) is 5.92 Å². The summed E-state index contributed by atoms with van der Waals surface area (Å²) in [5.41, 5.74) is 5.17. The SMILES string of the molecule is CC1CC1(Cn1cnc2c(Sc3ccc([N+](=O)[O-])cc3)nc(N)nc21)OCP(=O)(OCC(F)(F)F)OCC(F)(F)F. The molecule has 4 rings (SSSR count). The molecule has 12 nitrogen and oxygen atoms in total.